The maximum absolute atomic E-state index is 13.4. The molecule has 2 rings (SSSR count). The molecule has 0 bridgehead atoms. The molecule has 1 aromatic rings. The van der Waals surface area contributed by atoms with E-state index < -0.39 is 23.8 Å². The second-order valence-corrected chi connectivity index (χ2v) is 3.93. The third-order valence-electron chi connectivity index (χ3n) is 2.77. The summed E-state index contributed by atoms with van der Waals surface area (Å²) in [6.45, 7) is 0.288. The molecule has 1 heterocycles. The van der Waals surface area contributed by atoms with E-state index in [1.54, 1.807) is 6.07 Å². The van der Waals surface area contributed by atoms with E-state index in [2.05, 4.69) is 0 Å². The Balaban J connectivity index is 2.14. The van der Waals surface area contributed by atoms with Crippen LogP contribution >= 0.6 is 0 Å². The molecule has 1 aliphatic heterocycles. The van der Waals surface area contributed by atoms with Crippen LogP contribution in [0.15, 0.2) is 24.3 Å². The van der Waals surface area contributed by atoms with Crippen molar-refractivity contribution >= 4 is 11.9 Å². The fraction of sp³-hybridized carbons (Fsp3) is 0.333. The minimum absolute atomic E-state index is 0.0670. The number of Topliss-reactive ketones (excluding diaryl/α,β-unsaturated/α-hetero) is 1. The summed E-state index contributed by atoms with van der Waals surface area (Å²) in [5, 5.41) is 8.85. The Morgan fingerprint density at radius 3 is 2.78 bits per heavy atom. The molecule has 0 saturated carbocycles. The molecule has 96 valence electrons. The summed E-state index contributed by atoms with van der Waals surface area (Å²) in [5.41, 5.74) is -0.0743. The highest BCUT2D eigenvalue weighted by atomic mass is 19.1. The zero-order chi connectivity index (χ0) is 13.1. The molecule has 18 heavy (non-hydrogen) atoms. The van der Waals surface area contributed by atoms with Crippen molar-refractivity contribution in [1.82, 2.24) is 4.90 Å². The van der Waals surface area contributed by atoms with Gasteiger partial charge in [0, 0.05) is 6.54 Å². The van der Waals surface area contributed by atoms with Gasteiger partial charge in [-0.2, -0.15) is 0 Å². The molecule has 1 N–H and O–H groups in total. The van der Waals surface area contributed by atoms with E-state index >= 15 is 0 Å². The Morgan fingerprint density at radius 2 is 2.11 bits per heavy atom. The lowest BCUT2D eigenvalue weighted by Crippen LogP contribution is -2.48. The summed E-state index contributed by atoms with van der Waals surface area (Å²) in [6.07, 6.45) is -2.05. The third-order valence-corrected chi connectivity index (χ3v) is 2.77. The molecule has 6 heteroatoms. The fourth-order valence-electron chi connectivity index (χ4n) is 1.82. The predicted octanol–water partition coefficient (Wildman–Crippen LogP) is 1.39. The average Bonchev–Trinajstić information content (AvgIpc) is 2.38. The fourth-order valence-corrected chi connectivity index (χ4v) is 1.82. The van der Waals surface area contributed by atoms with Gasteiger partial charge in [-0.05, 0) is 12.1 Å². The van der Waals surface area contributed by atoms with Crippen LogP contribution in [0.2, 0.25) is 0 Å². The van der Waals surface area contributed by atoms with Crippen LogP contribution < -0.4 is 0 Å². The highest BCUT2D eigenvalue weighted by molar-refractivity contribution is 6.00. The molecule has 1 saturated heterocycles. The molecule has 0 radical (unpaired) electrons. The summed E-state index contributed by atoms with van der Waals surface area (Å²) >= 11 is 0. The van der Waals surface area contributed by atoms with Crippen LogP contribution in [0.4, 0.5) is 9.18 Å². The Morgan fingerprint density at radius 1 is 1.39 bits per heavy atom. The summed E-state index contributed by atoms with van der Waals surface area (Å²) in [5.74, 6) is -1.16. The van der Waals surface area contributed by atoms with Crippen LogP contribution in [0.1, 0.15) is 10.4 Å². The lowest BCUT2D eigenvalue weighted by atomic mass is 10.0. The summed E-state index contributed by atoms with van der Waals surface area (Å²) < 4.78 is 18.7. The lowest BCUT2D eigenvalue weighted by Gasteiger charge is -2.30. The number of nitrogens with zero attached hydrogens (tertiary/aromatic N) is 1. The first kappa shape index (κ1) is 12.5. The van der Waals surface area contributed by atoms with Crippen molar-refractivity contribution in [3.05, 3.63) is 35.6 Å². The van der Waals surface area contributed by atoms with Crippen molar-refractivity contribution in [2.24, 2.45) is 0 Å². The van der Waals surface area contributed by atoms with Crippen LogP contribution in [0.3, 0.4) is 0 Å². The van der Waals surface area contributed by atoms with Gasteiger partial charge < -0.3 is 14.7 Å². The second kappa shape index (κ2) is 5.14. The zero-order valence-corrected chi connectivity index (χ0v) is 9.51. The number of halogens is 1. The molecule has 1 aromatic carbocycles. The van der Waals surface area contributed by atoms with Crippen molar-refractivity contribution in [3.63, 3.8) is 0 Å². The lowest BCUT2D eigenvalue weighted by molar-refractivity contribution is -0.0113. The van der Waals surface area contributed by atoms with Gasteiger partial charge in [0.15, 0.2) is 5.78 Å². The van der Waals surface area contributed by atoms with Gasteiger partial charge in [0.1, 0.15) is 11.9 Å². The number of ether oxygens (including phenoxy) is 1. The molecular formula is C12H12FNO4. The van der Waals surface area contributed by atoms with Gasteiger partial charge in [0.25, 0.3) is 0 Å². The predicted molar refractivity (Wildman–Crippen MR) is 60.1 cm³/mol. The summed E-state index contributed by atoms with van der Waals surface area (Å²) in [4.78, 5) is 23.9. The van der Waals surface area contributed by atoms with Gasteiger partial charge in [0.05, 0.1) is 18.7 Å². The molecule has 0 aliphatic carbocycles. The molecule has 1 aliphatic rings. The average molecular weight is 253 g/mol. The number of morpholine rings is 1. The number of hydrogen-bond donors (Lipinski definition) is 1. The summed E-state index contributed by atoms with van der Waals surface area (Å²) in [6, 6.07) is 5.58. The largest absolute Gasteiger partial charge is 0.465 e. The van der Waals surface area contributed by atoms with E-state index in [1.807, 2.05) is 0 Å². The summed E-state index contributed by atoms with van der Waals surface area (Å²) in [7, 11) is 0. The quantitative estimate of drug-likeness (QED) is 0.809. The van der Waals surface area contributed by atoms with Gasteiger partial charge in [-0.25, -0.2) is 9.18 Å². The molecule has 1 amide bonds. The number of ketones is 1. The van der Waals surface area contributed by atoms with Crippen LogP contribution in [0.5, 0.6) is 0 Å². The van der Waals surface area contributed by atoms with Gasteiger partial charge in [-0.15, -0.1) is 0 Å². The Kier molecular flexibility index (Phi) is 3.57. The highest BCUT2D eigenvalue weighted by Gasteiger charge is 2.30. The van der Waals surface area contributed by atoms with Gasteiger partial charge >= 0.3 is 6.09 Å². The van der Waals surface area contributed by atoms with E-state index in [9.17, 15) is 14.0 Å². The zero-order valence-electron chi connectivity index (χ0n) is 9.51. The minimum Gasteiger partial charge on any atom is -0.465 e. The number of benzene rings is 1. The van der Waals surface area contributed by atoms with E-state index in [-0.39, 0.29) is 25.3 Å². The minimum atomic E-state index is -1.11. The Bertz CT molecular complexity index is 477. The van der Waals surface area contributed by atoms with Crippen LogP contribution in [0, 0.1) is 5.82 Å². The molecule has 1 unspecified atom stereocenters. The number of amides is 1. The number of hydrogen-bond acceptors (Lipinski definition) is 3. The first-order valence-corrected chi connectivity index (χ1v) is 5.48. The van der Waals surface area contributed by atoms with Gasteiger partial charge in [0.2, 0.25) is 0 Å². The smallest absolute Gasteiger partial charge is 0.407 e. The number of rotatable bonds is 2. The van der Waals surface area contributed by atoms with E-state index in [0.29, 0.717) is 0 Å². The number of carboxylic acid groups (broad SMARTS) is 1. The molecule has 1 atom stereocenters. The van der Waals surface area contributed by atoms with Crippen molar-refractivity contribution in [3.8, 4) is 0 Å². The molecular weight excluding hydrogens is 241 g/mol. The van der Waals surface area contributed by atoms with Crippen molar-refractivity contribution < 1.29 is 23.8 Å². The van der Waals surface area contributed by atoms with Crippen molar-refractivity contribution in [2.75, 3.05) is 19.7 Å². The van der Waals surface area contributed by atoms with Gasteiger partial charge in [-0.3, -0.25) is 4.79 Å². The van der Waals surface area contributed by atoms with E-state index in [4.69, 9.17) is 9.84 Å². The second-order valence-electron chi connectivity index (χ2n) is 3.93. The van der Waals surface area contributed by atoms with Crippen LogP contribution in [-0.4, -0.2) is 47.7 Å². The number of carbonyl (C=O) groups is 2. The number of carbonyl (C=O) groups excluding carboxylic acids is 1. The normalized spacial score (nSPS) is 19.6. The first-order valence-electron chi connectivity index (χ1n) is 5.48. The van der Waals surface area contributed by atoms with Crippen molar-refractivity contribution in [2.45, 2.75) is 6.10 Å². The van der Waals surface area contributed by atoms with Gasteiger partial charge in [-0.1, -0.05) is 12.1 Å². The van der Waals surface area contributed by atoms with E-state index in [1.165, 1.54) is 18.2 Å². The topological polar surface area (TPSA) is 66.8 Å². The third kappa shape index (κ3) is 2.48. The standard InChI is InChI=1S/C12H12FNO4/c13-9-4-2-1-3-8(9)11(15)10-7-14(12(16)17)5-6-18-10/h1-4,10H,5-7H2,(H,16,17). The van der Waals surface area contributed by atoms with Crippen molar-refractivity contribution in [1.29, 1.82) is 0 Å². The van der Waals surface area contributed by atoms with Crippen LogP contribution in [-0.2, 0) is 4.74 Å². The maximum Gasteiger partial charge on any atom is 0.407 e. The SMILES string of the molecule is O=C(c1ccccc1F)C1CN(C(=O)O)CCO1. The molecule has 0 aromatic heterocycles. The molecule has 1 fully saturated rings. The molecule has 0 spiro atoms. The Hall–Kier alpha value is -1.95. The first-order chi connectivity index (χ1) is 8.59. The monoisotopic (exact) mass is 253 g/mol. The van der Waals surface area contributed by atoms with E-state index in [0.717, 1.165) is 4.90 Å². The van der Waals surface area contributed by atoms with Crippen LogP contribution in [0.25, 0.3) is 0 Å². The Labute approximate surface area is 103 Å². The maximum atomic E-state index is 13.4. The highest BCUT2D eigenvalue weighted by Crippen LogP contribution is 2.14. The molecule has 5 nitrogen and oxygen atoms in total.